The van der Waals surface area contributed by atoms with Crippen molar-refractivity contribution in [3.63, 3.8) is 0 Å². The summed E-state index contributed by atoms with van der Waals surface area (Å²) in [6.07, 6.45) is 0. The highest BCUT2D eigenvalue weighted by Gasteiger charge is 2.18. The predicted molar refractivity (Wildman–Crippen MR) is 95.6 cm³/mol. The molecule has 0 unspecified atom stereocenters. The second-order valence-electron chi connectivity index (χ2n) is 6.28. The highest BCUT2D eigenvalue weighted by molar-refractivity contribution is 5.51. The molecule has 0 saturated heterocycles. The highest BCUT2D eigenvalue weighted by atomic mass is 16.4. The molecule has 4 heteroatoms. The summed E-state index contributed by atoms with van der Waals surface area (Å²) in [5.41, 5.74) is 4.78. The average molecular weight is 321 g/mol. The SMILES string of the molecule is Cc1ccc(C)c([C@H](C)N[C@H](C)c2nnc(-c3ccccc3)o2)c1. The molecular formula is C20H23N3O. The third-order valence-corrected chi connectivity index (χ3v) is 4.23. The summed E-state index contributed by atoms with van der Waals surface area (Å²) in [6, 6.07) is 16.5. The fraction of sp³-hybridized carbons (Fsp3) is 0.300. The van der Waals surface area contributed by atoms with E-state index in [1.807, 2.05) is 37.3 Å². The van der Waals surface area contributed by atoms with Gasteiger partial charge in [-0.3, -0.25) is 5.32 Å². The molecule has 1 N–H and O–H groups in total. The van der Waals surface area contributed by atoms with Crippen LogP contribution in [0.2, 0.25) is 0 Å². The molecule has 3 aromatic rings. The van der Waals surface area contributed by atoms with Crippen molar-refractivity contribution in [2.24, 2.45) is 0 Å². The lowest BCUT2D eigenvalue weighted by atomic mass is 9.99. The van der Waals surface area contributed by atoms with Crippen molar-refractivity contribution in [1.29, 1.82) is 0 Å². The molecule has 2 atom stereocenters. The molecule has 0 amide bonds. The maximum atomic E-state index is 5.84. The summed E-state index contributed by atoms with van der Waals surface area (Å²) in [6.45, 7) is 8.46. The van der Waals surface area contributed by atoms with E-state index < -0.39 is 0 Å². The Labute approximate surface area is 142 Å². The van der Waals surface area contributed by atoms with E-state index >= 15 is 0 Å². The maximum Gasteiger partial charge on any atom is 0.247 e. The summed E-state index contributed by atoms with van der Waals surface area (Å²) in [7, 11) is 0. The molecule has 0 fully saturated rings. The zero-order chi connectivity index (χ0) is 17.1. The highest BCUT2D eigenvalue weighted by Crippen LogP contribution is 2.24. The molecule has 0 bridgehead atoms. The molecule has 0 aliphatic heterocycles. The van der Waals surface area contributed by atoms with E-state index in [2.05, 4.69) is 54.5 Å². The molecule has 2 aromatic carbocycles. The number of aryl methyl sites for hydroxylation is 2. The third-order valence-electron chi connectivity index (χ3n) is 4.23. The zero-order valence-corrected chi connectivity index (χ0v) is 14.6. The lowest BCUT2D eigenvalue weighted by Crippen LogP contribution is -2.23. The second-order valence-corrected chi connectivity index (χ2v) is 6.28. The van der Waals surface area contributed by atoms with Crippen LogP contribution in [0.25, 0.3) is 11.5 Å². The number of nitrogens with one attached hydrogen (secondary N) is 1. The van der Waals surface area contributed by atoms with Crippen molar-refractivity contribution in [3.05, 3.63) is 71.1 Å². The van der Waals surface area contributed by atoms with Crippen molar-refractivity contribution in [1.82, 2.24) is 15.5 Å². The van der Waals surface area contributed by atoms with Gasteiger partial charge in [-0.15, -0.1) is 10.2 Å². The van der Waals surface area contributed by atoms with Gasteiger partial charge in [0.1, 0.15) is 0 Å². The molecule has 0 radical (unpaired) electrons. The fourth-order valence-electron chi connectivity index (χ4n) is 2.87. The van der Waals surface area contributed by atoms with E-state index in [0.29, 0.717) is 11.8 Å². The first kappa shape index (κ1) is 16.4. The van der Waals surface area contributed by atoms with Crippen molar-refractivity contribution in [3.8, 4) is 11.5 Å². The summed E-state index contributed by atoms with van der Waals surface area (Å²) >= 11 is 0. The van der Waals surface area contributed by atoms with E-state index in [-0.39, 0.29) is 12.1 Å². The van der Waals surface area contributed by atoms with Crippen LogP contribution in [0, 0.1) is 13.8 Å². The normalized spacial score (nSPS) is 13.7. The Morgan fingerprint density at radius 2 is 1.67 bits per heavy atom. The summed E-state index contributed by atoms with van der Waals surface area (Å²) in [5.74, 6) is 1.16. The predicted octanol–water partition coefficient (Wildman–Crippen LogP) is 4.77. The molecule has 0 aliphatic rings. The monoisotopic (exact) mass is 321 g/mol. The molecule has 0 saturated carbocycles. The van der Waals surface area contributed by atoms with E-state index in [0.717, 1.165) is 5.56 Å². The van der Waals surface area contributed by atoms with E-state index in [9.17, 15) is 0 Å². The quantitative estimate of drug-likeness (QED) is 0.735. The lowest BCUT2D eigenvalue weighted by Gasteiger charge is -2.20. The van der Waals surface area contributed by atoms with E-state index in [1.54, 1.807) is 0 Å². The molecule has 1 aromatic heterocycles. The maximum absolute atomic E-state index is 5.84. The summed E-state index contributed by atoms with van der Waals surface area (Å²) < 4.78 is 5.84. The van der Waals surface area contributed by atoms with Crippen LogP contribution in [-0.4, -0.2) is 10.2 Å². The van der Waals surface area contributed by atoms with Gasteiger partial charge in [-0.1, -0.05) is 42.0 Å². The van der Waals surface area contributed by atoms with Crippen molar-refractivity contribution >= 4 is 0 Å². The third kappa shape index (κ3) is 3.54. The minimum Gasteiger partial charge on any atom is -0.419 e. The number of nitrogens with zero attached hydrogens (tertiary/aromatic N) is 2. The Morgan fingerprint density at radius 1 is 0.917 bits per heavy atom. The number of hydrogen-bond donors (Lipinski definition) is 1. The second kappa shape index (κ2) is 6.97. The van der Waals surface area contributed by atoms with Crippen LogP contribution < -0.4 is 5.32 Å². The Morgan fingerprint density at radius 3 is 2.42 bits per heavy atom. The number of benzene rings is 2. The van der Waals surface area contributed by atoms with Crippen LogP contribution in [0.3, 0.4) is 0 Å². The first-order valence-electron chi connectivity index (χ1n) is 8.26. The van der Waals surface area contributed by atoms with Crippen LogP contribution in [-0.2, 0) is 0 Å². The smallest absolute Gasteiger partial charge is 0.247 e. The van der Waals surface area contributed by atoms with Gasteiger partial charge in [-0.05, 0) is 51.0 Å². The minimum atomic E-state index is -0.0233. The number of rotatable bonds is 5. The molecule has 24 heavy (non-hydrogen) atoms. The van der Waals surface area contributed by atoms with Gasteiger partial charge in [0.05, 0.1) is 6.04 Å². The first-order valence-corrected chi connectivity index (χ1v) is 8.26. The Balaban J connectivity index is 1.74. The molecule has 0 aliphatic carbocycles. The lowest BCUT2D eigenvalue weighted by molar-refractivity contribution is 0.394. The van der Waals surface area contributed by atoms with E-state index in [4.69, 9.17) is 4.42 Å². The van der Waals surface area contributed by atoms with Gasteiger partial charge in [0.2, 0.25) is 11.8 Å². The molecule has 3 rings (SSSR count). The first-order chi connectivity index (χ1) is 11.5. The molecule has 4 nitrogen and oxygen atoms in total. The van der Waals surface area contributed by atoms with Gasteiger partial charge < -0.3 is 4.42 Å². The van der Waals surface area contributed by atoms with Crippen LogP contribution in [0.5, 0.6) is 0 Å². The van der Waals surface area contributed by atoms with Crippen LogP contribution >= 0.6 is 0 Å². The number of aromatic nitrogens is 2. The van der Waals surface area contributed by atoms with Crippen LogP contribution in [0.4, 0.5) is 0 Å². The van der Waals surface area contributed by atoms with Gasteiger partial charge >= 0.3 is 0 Å². The van der Waals surface area contributed by atoms with Gasteiger partial charge in [-0.2, -0.15) is 0 Å². The van der Waals surface area contributed by atoms with Gasteiger partial charge in [-0.25, -0.2) is 0 Å². The fourth-order valence-corrected chi connectivity index (χ4v) is 2.87. The van der Waals surface area contributed by atoms with Gasteiger partial charge in [0.15, 0.2) is 0 Å². The zero-order valence-electron chi connectivity index (χ0n) is 14.6. The molecular weight excluding hydrogens is 298 g/mol. The van der Waals surface area contributed by atoms with Crippen molar-refractivity contribution < 1.29 is 4.42 Å². The Hall–Kier alpha value is -2.46. The van der Waals surface area contributed by atoms with Crippen LogP contribution in [0.1, 0.15) is 48.5 Å². The minimum absolute atomic E-state index is 0.0233. The topological polar surface area (TPSA) is 51.0 Å². The van der Waals surface area contributed by atoms with Gasteiger partial charge in [0.25, 0.3) is 0 Å². The number of hydrogen-bond acceptors (Lipinski definition) is 4. The largest absolute Gasteiger partial charge is 0.419 e. The van der Waals surface area contributed by atoms with Crippen molar-refractivity contribution in [2.45, 2.75) is 39.8 Å². The summed E-state index contributed by atoms with van der Waals surface area (Å²) in [4.78, 5) is 0. The molecule has 124 valence electrons. The van der Waals surface area contributed by atoms with Crippen LogP contribution in [0.15, 0.2) is 52.9 Å². The van der Waals surface area contributed by atoms with E-state index in [1.165, 1.54) is 16.7 Å². The van der Waals surface area contributed by atoms with Gasteiger partial charge in [0, 0.05) is 11.6 Å². The molecule has 0 spiro atoms. The van der Waals surface area contributed by atoms with Crippen molar-refractivity contribution in [2.75, 3.05) is 0 Å². The standard InChI is InChI=1S/C20H23N3O/c1-13-10-11-14(2)18(12-13)15(3)21-16(4)19-22-23-20(24-19)17-8-6-5-7-9-17/h5-12,15-16,21H,1-4H3/t15-,16+/m0/s1. The molecule has 1 heterocycles. The Bertz CT molecular complexity index is 811. The summed E-state index contributed by atoms with van der Waals surface area (Å²) in [5, 5.41) is 11.9. The average Bonchev–Trinajstić information content (AvgIpc) is 3.08. The Kier molecular flexibility index (Phi) is 4.76.